The van der Waals surface area contributed by atoms with Crippen molar-refractivity contribution >= 4 is 11.7 Å². The fraction of sp³-hybridized carbons (Fsp3) is 0.353. The number of carbonyl (C=O) groups is 1. The van der Waals surface area contributed by atoms with E-state index in [9.17, 15) is 9.90 Å². The van der Waals surface area contributed by atoms with Gasteiger partial charge in [0.15, 0.2) is 0 Å². The van der Waals surface area contributed by atoms with E-state index in [2.05, 4.69) is 10.6 Å². The second-order valence-electron chi connectivity index (χ2n) is 6.11. The van der Waals surface area contributed by atoms with Crippen molar-refractivity contribution in [3.8, 4) is 5.75 Å². The summed E-state index contributed by atoms with van der Waals surface area (Å²) in [6.45, 7) is 5.97. The molecule has 6 heteroatoms. The molecule has 2 amide bonds. The largest absolute Gasteiger partial charge is 0.488 e. The highest BCUT2D eigenvalue weighted by Crippen LogP contribution is 2.20. The number of hydrogen-bond acceptors (Lipinski definition) is 4. The summed E-state index contributed by atoms with van der Waals surface area (Å²) >= 11 is 0. The number of aliphatic hydroxyl groups excluding tert-OH is 1. The summed E-state index contributed by atoms with van der Waals surface area (Å²) in [5, 5.41) is 15.1. The smallest absolute Gasteiger partial charge is 0.319 e. The molecule has 0 radical (unpaired) electrons. The van der Waals surface area contributed by atoms with Gasteiger partial charge in [0.05, 0.1) is 12.8 Å². The molecule has 0 aliphatic heterocycles. The predicted octanol–water partition coefficient (Wildman–Crippen LogP) is 3.31. The van der Waals surface area contributed by atoms with Gasteiger partial charge in [0.2, 0.25) is 0 Å². The lowest BCUT2D eigenvalue weighted by Crippen LogP contribution is -2.32. The van der Waals surface area contributed by atoms with Crippen molar-refractivity contribution in [3.05, 3.63) is 48.4 Å². The van der Waals surface area contributed by atoms with Gasteiger partial charge in [-0.15, -0.1) is 0 Å². The molecule has 1 heterocycles. The first-order valence-corrected chi connectivity index (χ1v) is 7.39. The Morgan fingerprint density at radius 3 is 2.52 bits per heavy atom. The lowest BCUT2D eigenvalue weighted by molar-refractivity contribution is 0.131. The third-order valence-corrected chi connectivity index (χ3v) is 2.86. The SMILES string of the molecule is CC(C)(C)Oc1ccc(NC(=O)NCC(O)c2ccco2)cc1. The van der Waals surface area contributed by atoms with Crippen LogP contribution in [0, 0.1) is 0 Å². The molecule has 1 atom stereocenters. The van der Waals surface area contributed by atoms with Crippen LogP contribution < -0.4 is 15.4 Å². The van der Waals surface area contributed by atoms with E-state index in [4.69, 9.17) is 9.15 Å². The van der Waals surface area contributed by atoms with Gasteiger partial charge in [0.1, 0.15) is 23.2 Å². The molecule has 2 aromatic rings. The summed E-state index contributed by atoms with van der Waals surface area (Å²) in [4.78, 5) is 11.8. The Bertz CT molecular complexity index is 615. The number of benzene rings is 1. The number of aliphatic hydroxyl groups is 1. The van der Waals surface area contributed by atoms with Crippen LogP contribution in [0.1, 0.15) is 32.6 Å². The molecular weight excluding hydrogens is 296 g/mol. The standard InChI is InChI=1S/C17H22N2O4/c1-17(2,3)23-13-8-6-12(7-9-13)19-16(21)18-11-14(20)15-5-4-10-22-15/h4-10,14,20H,11H2,1-3H3,(H2,18,19,21). The van der Waals surface area contributed by atoms with Crippen molar-refractivity contribution in [2.24, 2.45) is 0 Å². The molecule has 0 fully saturated rings. The Kier molecular flexibility index (Phi) is 5.28. The number of rotatable bonds is 5. The molecule has 0 aliphatic carbocycles. The molecule has 2 rings (SSSR count). The van der Waals surface area contributed by atoms with Crippen LogP contribution in [0.5, 0.6) is 5.75 Å². The van der Waals surface area contributed by atoms with E-state index in [1.54, 1.807) is 36.4 Å². The van der Waals surface area contributed by atoms with Crippen LogP contribution >= 0.6 is 0 Å². The molecule has 1 aromatic carbocycles. The first kappa shape index (κ1) is 16.9. The highest BCUT2D eigenvalue weighted by Gasteiger charge is 2.13. The lowest BCUT2D eigenvalue weighted by Gasteiger charge is -2.21. The van der Waals surface area contributed by atoms with Crippen LogP contribution in [-0.2, 0) is 0 Å². The summed E-state index contributed by atoms with van der Waals surface area (Å²) in [5.74, 6) is 1.14. The van der Waals surface area contributed by atoms with E-state index in [1.165, 1.54) is 6.26 Å². The van der Waals surface area contributed by atoms with E-state index in [0.717, 1.165) is 5.75 Å². The summed E-state index contributed by atoms with van der Waals surface area (Å²) < 4.78 is 10.8. The van der Waals surface area contributed by atoms with Gasteiger partial charge in [-0.1, -0.05) is 0 Å². The van der Waals surface area contributed by atoms with Gasteiger partial charge in [-0.2, -0.15) is 0 Å². The van der Waals surface area contributed by atoms with Crippen LogP contribution in [0.4, 0.5) is 10.5 Å². The van der Waals surface area contributed by atoms with E-state index in [0.29, 0.717) is 11.4 Å². The zero-order chi connectivity index (χ0) is 16.9. The Balaban J connectivity index is 1.81. The maximum atomic E-state index is 11.8. The number of anilines is 1. The fourth-order valence-corrected chi connectivity index (χ4v) is 1.91. The van der Waals surface area contributed by atoms with Gasteiger partial charge in [-0.25, -0.2) is 4.79 Å². The van der Waals surface area contributed by atoms with E-state index in [-0.39, 0.29) is 12.1 Å². The highest BCUT2D eigenvalue weighted by molar-refractivity contribution is 5.89. The van der Waals surface area contributed by atoms with Crippen LogP contribution in [0.15, 0.2) is 47.1 Å². The molecular formula is C17H22N2O4. The molecule has 1 aromatic heterocycles. The van der Waals surface area contributed by atoms with E-state index < -0.39 is 12.1 Å². The monoisotopic (exact) mass is 318 g/mol. The van der Waals surface area contributed by atoms with Gasteiger partial charge in [0, 0.05) is 5.69 Å². The quantitative estimate of drug-likeness (QED) is 0.789. The number of ether oxygens (including phenoxy) is 1. The molecule has 23 heavy (non-hydrogen) atoms. The Morgan fingerprint density at radius 1 is 1.26 bits per heavy atom. The van der Waals surface area contributed by atoms with E-state index in [1.807, 2.05) is 20.8 Å². The van der Waals surface area contributed by atoms with Crippen molar-refractivity contribution in [3.63, 3.8) is 0 Å². The third kappa shape index (κ3) is 5.67. The fourth-order valence-electron chi connectivity index (χ4n) is 1.91. The molecule has 0 spiro atoms. The number of urea groups is 1. The van der Waals surface area contributed by atoms with Crippen molar-refractivity contribution in [2.45, 2.75) is 32.5 Å². The zero-order valence-electron chi connectivity index (χ0n) is 13.5. The Labute approximate surface area is 135 Å². The van der Waals surface area contributed by atoms with Crippen molar-refractivity contribution in [1.29, 1.82) is 0 Å². The molecule has 124 valence electrons. The maximum Gasteiger partial charge on any atom is 0.319 e. The van der Waals surface area contributed by atoms with Crippen LogP contribution in [-0.4, -0.2) is 23.3 Å². The Morgan fingerprint density at radius 2 is 1.96 bits per heavy atom. The molecule has 6 nitrogen and oxygen atoms in total. The summed E-state index contributed by atoms with van der Waals surface area (Å²) in [6.07, 6.45) is 0.595. The summed E-state index contributed by atoms with van der Waals surface area (Å²) in [5.41, 5.74) is 0.366. The molecule has 0 saturated carbocycles. The van der Waals surface area contributed by atoms with Gasteiger partial charge >= 0.3 is 6.03 Å². The number of carbonyl (C=O) groups excluding carboxylic acids is 1. The number of nitrogens with one attached hydrogen (secondary N) is 2. The van der Waals surface area contributed by atoms with Gasteiger partial charge in [0.25, 0.3) is 0 Å². The number of amides is 2. The normalized spacial score (nSPS) is 12.5. The van der Waals surface area contributed by atoms with Gasteiger partial charge in [-0.05, 0) is 57.2 Å². The molecule has 0 saturated heterocycles. The van der Waals surface area contributed by atoms with Gasteiger partial charge in [-0.3, -0.25) is 0 Å². The van der Waals surface area contributed by atoms with Crippen molar-refractivity contribution < 1.29 is 19.1 Å². The number of hydrogen-bond donors (Lipinski definition) is 3. The Hall–Kier alpha value is -2.47. The van der Waals surface area contributed by atoms with Crippen molar-refractivity contribution in [2.75, 3.05) is 11.9 Å². The highest BCUT2D eigenvalue weighted by atomic mass is 16.5. The van der Waals surface area contributed by atoms with Crippen molar-refractivity contribution in [1.82, 2.24) is 5.32 Å². The molecule has 0 bridgehead atoms. The predicted molar refractivity (Wildman–Crippen MR) is 87.5 cm³/mol. The molecule has 0 aliphatic rings. The summed E-state index contributed by atoms with van der Waals surface area (Å²) in [7, 11) is 0. The third-order valence-electron chi connectivity index (χ3n) is 2.86. The zero-order valence-corrected chi connectivity index (χ0v) is 13.5. The first-order chi connectivity index (χ1) is 10.8. The van der Waals surface area contributed by atoms with Crippen LogP contribution in [0.2, 0.25) is 0 Å². The lowest BCUT2D eigenvalue weighted by atomic mass is 10.2. The van der Waals surface area contributed by atoms with E-state index >= 15 is 0 Å². The van der Waals surface area contributed by atoms with Gasteiger partial charge < -0.3 is 24.9 Å². The van der Waals surface area contributed by atoms with Crippen LogP contribution in [0.3, 0.4) is 0 Å². The second-order valence-corrected chi connectivity index (χ2v) is 6.11. The number of furan rings is 1. The molecule has 3 N–H and O–H groups in total. The topological polar surface area (TPSA) is 83.7 Å². The first-order valence-electron chi connectivity index (χ1n) is 7.39. The minimum Gasteiger partial charge on any atom is -0.488 e. The minimum atomic E-state index is -0.877. The van der Waals surface area contributed by atoms with Crippen LogP contribution in [0.25, 0.3) is 0 Å². The maximum absolute atomic E-state index is 11.8. The minimum absolute atomic E-state index is 0.0601. The average molecular weight is 318 g/mol. The summed E-state index contributed by atoms with van der Waals surface area (Å²) in [6, 6.07) is 10.0. The second kappa shape index (κ2) is 7.19. The molecule has 1 unspecified atom stereocenters. The average Bonchev–Trinajstić information content (AvgIpc) is 2.99.